The lowest BCUT2D eigenvalue weighted by Gasteiger charge is -2.27. The average Bonchev–Trinajstić information content (AvgIpc) is 2.21. The van der Waals surface area contributed by atoms with Crippen molar-refractivity contribution in [1.82, 2.24) is 0 Å². The maximum Gasteiger partial charge on any atom is 0.142 e. The molecule has 3 nitrogen and oxygen atoms in total. The summed E-state index contributed by atoms with van der Waals surface area (Å²) in [5, 5.41) is 12.6. The fraction of sp³-hybridized carbons (Fsp3) is 0.538. The van der Waals surface area contributed by atoms with Gasteiger partial charge in [0.2, 0.25) is 0 Å². The zero-order valence-corrected chi connectivity index (χ0v) is 10.7. The first-order valence-electron chi connectivity index (χ1n) is 5.44. The number of nitrogens with one attached hydrogen (secondary N) is 1. The summed E-state index contributed by atoms with van der Waals surface area (Å²) in [5.41, 5.74) is 2.89. The Morgan fingerprint density at radius 1 is 1.31 bits per heavy atom. The maximum atomic E-state index is 9.26. The van der Waals surface area contributed by atoms with Crippen molar-refractivity contribution in [2.75, 3.05) is 19.0 Å². The molecule has 0 saturated heterocycles. The van der Waals surface area contributed by atoms with E-state index in [1.54, 1.807) is 7.11 Å². The first-order chi connectivity index (χ1) is 7.39. The lowest BCUT2D eigenvalue weighted by Crippen LogP contribution is -2.35. The molecule has 1 aromatic carbocycles. The van der Waals surface area contributed by atoms with Crippen LogP contribution in [-0.4, -0.2) is 24.4 Å². The van der Waals surface area contributed by atoms with Gasteiger partial charge in [0.15, 0.2) is 0 Å². The third-order valence-electron chi connectivity index (χ3n) is 2.52. The van der Waals surface area contributed by atoms with Crippen molar-refractivity contribution in [3.63, 3.8) is 0 Å². The Morgan fingerprint density at radius 3 is 2.44 bits per heavy atom. The number of benzene rings is 1. The Hall–Kier alpha value is -1.22. The number of methoxy groups -OCH3 is 1. The highest BCUT2D eigenvalue weighted by molar-refractivity contribution is 5.64. The second-order valence-electron chi connectivity index (χ2n) is 4.83. The van der Waals surface area contributed by atoms with Crippen LogP contribution in [0.4, 0.5) is 5.69 Å². The van der Waals surface area contributed by atoms with E-state index in [1.807, 2.05) is 33.8 Å². The number of anilines is 1. The first-order valence-corrected chi connectivity index (χ1v) is 5.44. The molecule has 0 fully saturated rings. The van der Waals surface area contributed by atoms with Crippen molar-refractivity contribution in [3.8, 4) is 5.75 Å². The number of ether oxygens (including phenoxy) is 1. The van der Waals surface area contributed by atoms with Crippen LogP contribution in [0.15, 0.2) is 12.1 Å². The van der Waals surface area contributed by atoms with E-state index in [1.165, 1.54) is 5.56 Å². The third-order valence-corrected chi connectivity index (χ3v) is 2.52. The minimum absolute atomic E-state index is 0.0729. The topological polar surface area (TPSA) is 41.5 Å². The van der Waals surface area contributed by atoms with E-state index >= 15 is 0 Å². The van der Waals surface area contributed by atoms with Gasteiger partial charge in [-0.1, -0.05) is 6.07 Å². The van der Waals surface area contributed by atoms with E-state index in [9.17, 15) is 5.11 Å². The van der Waals surface area contributed by atoms with Gasteiger partial charge in [-0.2, -0.15) is 0 Å². The van der Waals surface area contributed by atoms with Gasteiger partial charge in [-0.15, -0.1) is 0 Å². The van der Waals surface area contributed by atoms with Gasteiger partial charge in [0, 0.05) is 0 Å². The van der Waals surface area contributed by atoms with E-state index in [-0.39, 0.29) is 12.1 Å². The number of aryl methyl sites for hydroxylation is 2. The molecule has 0 radical (unpaired) electrons. The first kappa shape index (κ1) is 12.8. The molecule has 1 rings (SSSR count). The minimum Gasteiger partial charge on any atom is -0.495 e. The van der Waals surface area contributed by atoms with Crippen molar-refractivity contribution >= 4 is 5.69 Å². The summed E-state index contributed by atoms with van der Waals surface area (Å²) in [6, 6.07) is 4.08. The highest BCUT2D eigenvalue weighted by Crippen LogP contribution is 2.31. The summed E-state index contributed by atoms with van der Waals surface area (Å²) in [6.07, 6.45) is 0. The zero-order valence-electron chi connectivity index (χ0n) is 10.7. The fourth-order valence-electron chi connectivity index (χ4n) is 1.63. The smallest absolute Gasteiger partial charge is 0.142 e. The number of hydrogen-bond donors (Lipinski definition) is 2. The van der Waals surface area contributed by atoms with Gasteiger partial charge in [0.25, 0.3) is 0 Å². The molecule has 0 saturated carbocycles. The molecule has 0 bridgehead atoms. The molecule has 0 aliphatic heterocycles. The van der Waals surface area contributed by atoms with Gasteiger partial charge in [-0.25, -0.2) is 0 Å². The highest BCUT2D eigenvalue weighted by atomic mass is 16.5. The standard InChI is InChI=1S/C13H21NO2/c1-9-6-10(2)12(11(7-9)16-5)14-13(3,4)8-15/h6-7,14-15H,8H2,1-5H3. The molecule has 0 aromatic heterocycles. The van der Waals surface area contributed by atoms with Crippen LogP contribution in [0.5, 0.6) is 5.75 Å². The number of aliphatic hydroxyl groups excluding tert-OH is 1. The van der Waals surface area contributed by atoms with Crippen LogP contribution < -0.4 is 10.1 Å². The Morgan fingerprint density at radius 2 is 1.94 bits per heavy atom. The predicted octanol–water partition coefficient (Wildman–Crippen LogP) is 2.49. The van der Waals surface area contributed by atoms with Crippen molar-refractivity contribution in [3.05, 3.63) is 23.3 Å². The fourth-order valence-corrected chi connectivity index (χ4v) is 1.63. The lowest BCUT2D eigenvalue weighted by atomic mass is 10.0. The molecule has 0 heterocycles. The zero-order chi connectivity index (χ0) is 12.3. The third kappa shape index (κ3) is 2.89. The minimum atomic E-state index is -0.354. The van der Waals surface area contributed by atoms with E-state index in [2.05, 4.69) is 11.4 Å². The van der Waals surface area contributed by atoms with E-state index in [0.717, 1.165) is 17.0 Å². The van der Waals surface area contributed by atoms with Gasteiger partial charge < -0.3 is 15.2 Å². The monoisotopic (exact) mass is 223 g/mol. The van der Waals surface area contributed by atoms with Crippen LogP contribution in [0.2, 0.25) is 0 Å². The van der Waals surface area contributed by atoms with Crippen molar-refractivity contribution in [2.24, 2.45) is 0 Å². The van der Waals surface area contributed by atoms with Crippen LogP contribution >= 0.6 is 0 Å². The Labute approximate surface area is 97.4 Å². The van der Waals surface area contributed by atoms with Gasteiger partial charge in [0.05, 0.1) is 24.9 Å². The van der Waals surface area contributed by atoms with Crippen LogP contribution in [0, 0.1) is 13.8 Å². The summed E-state index contributed by atoms with van der Waals surface area (Å²) < 4.78 is 5.35. The molecule has 0 aliphatic carbocycles. The Kier molecular flexibility index (Phi) is 3.81. The summed E-state index contributed by atoms with van der Waals surface area (Å²) in [7, 11) is 1.66. The van der Waals surface area contributed by atoms with Crippen molar-refractivity contribution < 1.29 is 9.84 Å². The Bertz CT molecular complexity index is 372. The molecule has 3 heteroatoms. The Balaban J connectivity index is 3.12. The molecule has 1 aromatic rings. The predicted molar refractivity (Wildman–Crippen MR) is 67.3 cm³/mol. The van der Waals surface area contributed by atoms with E-state index < -0.39 is 0 Å². The molecule has 16 heavy (non-hydrogen) atoms. The summed E-state index contributed by atoms with van der Waals surface area (Å²) >= 11 is 0. The molecule has 0 amide bonds. The summed E-state index contributed by atoms with van der Waals surface area (Å²) in [4.78, 5) is 0. The normalized spacial score (nSPS) is 11.4. The molecule has 0 spiro atoms. The lowest BCUT2D eigenvalue weighted by molar-refractivity contribution is 0.233. The summed E-state index contributed by atoms with van der Waals surface area (Å²) in [5.74, 6) is 0.819. The second-order valence-corrected chi connectivity index (χ2v) is 4.83. The quantitative estimate of drug-likeness (QED) is 0.824. The molecule has 0 atom stereocenters. The summed E-state index contributed by atoms with van der Waals surface area (Å²) in [6.45, 7) is 8.04. The number of hydrogen-bond acceptors (Lipinski definition) is 3. The molecule has 2 N–H and O–H groups in total. The SMILES string of the molecule is COc1cc(C)cc(C)c1NC(C)(C)CO. The average molecular weight is 223 g/mol. The van der Waals surface area contributed by atoms with E-state index in [0.29, 0.717) is 0 Å². The van der Waals surface area contributed by atoms with Gasteiger partial charge in [-0.05, 0) is 44.9 Å². The van der Waals surface area contributed by atoms with Gasteiger partial charge >= 0.3 is 0 Å². The number of rotatable bonds is 4. The molecule has 0 unspecified atom stereocenters. The largest absolute Gasteiger partial charge is 0.495 e. The van der Waals surface area contributed by atoms with Crippen LogP contribution in [-0.2, 0) is 0 Å². The van der Waals surface area contributed by atoms with Crippen molar-refractivity contribution in [2.45, 2.75) is 33.2 Å². The molecule has 0 aliphatic rings. The van der Waals surface area contributed by atoms with E-state index in [4.69, 9.17) is 4.74 Å². The molecular weight excluding hydrogens is 202 g/mol. The number of aliphatic hydroxyl groups is 1. The second kappa shape index (κ2) is 4.74. The van der Waals surface area contributed by atoms with Crippen LogP contribution in [0.25, 0.3) is 0 Å². The molecule has 90 valence electrons. The van der Waals surface area contributed by atoms with Crippen LogP contribution in [0.1, 0.15) is 25.0 Å². The highest BCUT2D eigenvalue weighted by Gasteiger charge is 2.19. The van der Waals surface area contributed by atoms with Crippen molar-refractivity contribution in [1.29, 1.82) is 0 Å². The molecular formula is C13H21NO2. The van der Waals surface area contributed by atoms with Gasteiger partial charge in [-0.3, -0.25) is 0 Å². The van der Waals surface area contributed by atoms with Gasteiger partial charge in [0.1, 0.15) is 5.75 Å². The van der Waals surface area contributed by atoms with Crippen LogP contribution in [0.3, 0.4) is 0 Å². The maximum absolute atomic E-state index is 9.26.